The maximum absolute atomic E-state index is 12.5. The van der Waals surface area contributed by atoms with Crippen molar-refractivity contribution in [3.8, 4) is 11.5 Å². The summed E-state index contributed by atoms with van der Waals surface area (Å²) in [5.41, 5.74) is 2.33. The van der Waals surface area contributed by atoms with Crippen molar-refractivity contribution in [2.45, 2.75) is 52.6 Å². The van der Waals surface area contributed by atoms with Crippen LogP contribution in [0.4, 0.5) is 0 Å². The number of esters is 1. The molecule has 0 radical (unpaired) electrons. The van der Waals surface area contributed by atoms with Gasteiger partial charge in [0.05, 0.1) is 17.5 Å². The van der Waals surface area contributed by atoms with Gasteiger partial charge in [0.25, 0.3) is 0 Å². The van der Waals surface area contributed by atoms with Crippen LogP contribution in [0, 0.1) is 11.3 Å². The number of ether oxygens (including phenoxy) is 1. The molecular formula is C23H27ClO6. The molecule has 1 saturated carbocycles. The van der Waals surface area contributed by atoms with E-state index in [-0.39, 0.29) is 29.8 Å². The normalized spacial score (nSPS) is 26.1. The number of aliphatic hydroxyl groups is 1. The predicted molar refractivity (Wildman–Crippen MR) is 112 cm³/mol. The van der Waals surface area contributed by atoms with Gasteiger partial charge in [0.1, 0.15) is 6.61 Å². The topological polar surface area (TPSA) is 104 Å². The summed E-state index contributed by atoms with van der Waals surface area (Å²) in [4.78, 5) is 25.1. The molecule has 3 rings (SSSR count). The number of ketones is 1. The summed E-state index contributed by atoms with van der Waals surface area (Å²) in [5.74, 6) is -1.55. The lowest BCUT2D eigenvalue weighted by atomic mass is 9.57. The van der Waals surface area contributed by atoms with E-state index in [4.69, 9.17) is 16.3 Å². The quantitative estimate of drug-likeness (QED) is 0.377. The summed E-state index contributed by atoms with van der Waals surface area (Å²) in [6, 6.07) is 2.66. The first-order valence-electron chi connectivity index (χ1n) is 10.0. The molecule has 0 aliphatic heterocycles. The molecule has 30 heavy (non-hydrogen) atoms. The summed E-state index contributed by atoms with van der Waals surface area (Å²) < 4.78 is 5.63. The van der Waals surface area contributed by atoms with E-state index in [0.29, 0.717) is 30.4 Å². The van der Waals surface area contributed by atoms with Crippen molar-refractivity contribution in [2.24, 2.45) is 11.3 Å². The Bertz CT molecular complexity index is 920. The zero-order valence-electron chi connectivity index (χ0n) is 17.4. The third-order valence-corrected chi connectivity index (χ3v) is 6.73. The van der Waals surface area contributed by atoms with Crippen molar-refractivity contribution >= 4 is 23.4 Å². The minimum atomic E-state index is -0.622. The van der Waals surface area contributed by atoms with Crippen LogP contribution in [0.2, 0.25) is 5.02 Å². The van der Waals surface area contributed by atoms with Crippen LogP contribution in [0.3, 0.4) is 0 Å². The number of hydrogen-bond acceptors (Lipinski definition) is 6. The highest BCUT2D eigenvalue weighted by molar-refractivity contribution is 6.32. The van der Waals surface area contributed by atoms with Crippen molar-refractivity contribution < 1.29 is 29.6 Å². The van der Waals surface area contributed by atoms with Crippen LogP contribution in [-0.2, 0) is 20.7 Å². The Kier molecular flexibility index (Phi) is 6.29. The summed E-state index contributed by atoms with van der Waals surface area (Å²) in [7, 11) is 0. The molecular weight excluding hydrogens is 408 g/mol. The molecule has 0 saturated heterocycles. The molecule has 3 N–H and O–H groups in total. The Hall–Kier alpha value is -2.31. The van der Waals surface area contributed by atoms with Crippen LogP contribution < -0.4 is 0 Å². The molecule has 1 aromatic rings. The fraction of sp³-hybridized carbons (Fsp3) is 0.478. The summed E-state index contributed by atoms with van der Waals surface area (Å²) >= 11 is 5.85. The maximum Gasteiger partial charge on any atom is 0.310 e. The molecule has 0 unspecified atom stereocenters. The molecule has 7 heteroatoms. The van der Waals surface area contributed by atoms with Crippen molar-refractivity contribution in [3.63, 3.8) is 0 Å². The SMILES string of the molecule is CC(C)=C1C[C@@]2(COC(=O)Cc3cc(O)c(O)c(Cl)c3)C(=CC1=O)CC[C@@H](O)[C@@H]2C. The Balaban J connectivity index is 1.83. The number of halogens is 1. The fourth-order valence-electron chi connectivity index (χ4n) is 4.47. The predicted octanol–water partition coefficient (Wildman–Crippen LogP) is 3.85. The number of phenolic OH excluding ortho intramolecular Hbond substituents is 2. The van der Waals surface area contributed by atoms with Gasteiger partial charge >= 0.3 is 5.97 Å². The summed E-state index contributed by atoms with van der Waals surface area (Å²) in [5, 5.41) is 29.7. The highest BCUT2D eigenvalue weighted by Crippen LogP contribution is 2.52. The zero-order chi connectivity index (χ0) is 22.2. The number of fused-ring (bicyclic) bond motifs is 1. The zero-order valence-corrected chi connectivity index (χ0v) is 18.1. The molecule has 0 heterocycles. The minimum Gasteiger partial charge on any atom is -0.504 e. The van der Waals surface area contributed by atoms with Gasteiger partial charge < -0.3 is 20.1 Å². The van der Waals surface area contributed by atoms with E-state index >= 15 is 0 Å². The lowest BCUT2D eigenvalue weighted by Crippen LogP contribution is -2.48. The number of aliphatic hydroxyl groups excluding tert-OH is 1. The van der Waals surface area contributed by atoms with E-state index < -0.39 is 29.0 Å². The van der Waals surface area contributed by atoms with Gasteiger partial charge in [-0.3, -0.25) is 9.59 Å². The average Bonchev–Trinajstić information content (AvgIpc) is 2.67. The molecule has 0 spiro atoms. The van der Waals surface area contributed by atoms with Crippen LogP contribution in [0.1, 0.15) is 45.6 Å². The molecule has 162 valence electrons. The number of aromatic hydroxyl groups is 2. The first-order valence-corrected chi connectivity index (χ1v) is 10.4. The first-order chi connectivity index (χ1) is 14.0. The number of carbonyl (C=O) groups is 2. The molecule has 2 aliphatic rings. The van der Waals surface area contributed by atoms with Gasteiger partial charge in [-0.15, -0.1) is 0 Å². The Labute approximate surface area is 180 Å². The molecule has 0 amide bonds. The summed E-state index contributed by atoms with van der Waals surface area (Å²) in [6.07, 6.45) is 2.57. The highest BCUT2D eigenvalue weighted by Gasteiger charge is 2.50. The largest absolute Gasteiger partial charge is 0.504 e. The standard InChI is InChI=1S/C23H27ClO6/c1-12(2)16-10-23(13(3)18(25)5-4-15(23)9-19(16)26)11-30-21(28)8-14-6-17(24)22(29)20(27)7-14/h6-7,9,13,18,25,27,29H,4-5,8,10-11H2,1-3H3/t13-,18+,23-/m0/s1. The van der Waals surface area contributed by atoms with Crippen LogP contribution in [0.15, 0.2) is 34.9 Å². The fourth-order valence-corrected chi connectivity index (χ4v) is 4.70. The Morgan fingerprint density at radius 2 is 2.00 bits per heavy atom. The number of benzene rings is 1. The molecule has 6 nitrogen and oxygen atoms in total. The Morgan fingerprint density at radius 1 is 1.30 bits per heavy atom. The van der Waals surface area contributed by atoms with Gasteiger partial charge in [-0.05, 0) is 68.4 Å². The van der Waals surface area contributed by atoms with E-state index in [1.165, 1.54) is 12.1 Å². The van der Waals surface area contributed by atoms with Crippen LogP contribution in [0.25, 0.3) is 0 Å². The van der Waals surface area contributed by atoms with E-state index in [2.05, 4.69) is 0 Å². The molecule has 1 aromatic carbocycles. The van der Waals surface area contributed by atoms with Gasteiger partial charge in [0.2, 0.25) is 0 Å². The highest BCUT2D eigenvalue weighted by atomic mass is 35.5. The lowest BCUT2D eigenvalue weighted by molar-refractivity contribution is -0.148. The van der Waals surface area contributed by atoms with E-state index in [1.54, 1.807) is 6.08 Å². The van der Waals surface area contributed by atoms with Crippen molar-refractivity contribution in [1.82, 2.24) is 0 Å². The average molecular weight is 435 g/mol. The van der Waals surface area contributed by atoms with E-state index in [1.807, 2.05) is 20.8 Å². The first kappa shape index (κ1) is 22.4. The van der Waals surface area contributed by atoms with Crippen molar-refractivity contribution in [2.75, 3.05) is 6.61 Å². The van der Waals surface area contributed by atoms with Crippen molar-refractivity contribution in [3.05, 3.63) is 45.5 Å². The van der Waals surface area contributed by atoms with Crippen LogP contribution in [-0.4, -0.2) is 39.8 Å². The van der Waals surface area contributed by atoms with Gasteiger partial charge in [0, 0.05) is 5.41 Å². The molecule has 2 aliphatic carbocycles. The van der Waals surface area contributed by atoms with Crippen molar-refractivity contribution in [1.29, 1.82) is 0 Å². The third kappa shape index (κ3) is 4.12. The summed E-state index contributed by atoms with van der Waals surface area (Å²) in [6.45, 7) is 5.76. The molecule has 0 aromatic heterocycles. The molecule has 3 atom stereocenters. The molecule has 1 fully saturated rings. The number of carbonyl (C=O) groups excluding carboxylic acids is 2. The monoisotopic (exact) mass is 434 g/mol. The second kappa shape index (κ2) is 8.44. The van der Waals surface area contributed by atoms with Gasteiger partial charge in [-0.25, -0.2) is 0 Å². The Morgan fingerprint density at radius 3 is 2.63 bits per heavy atom. The van der Waals surface area contributed by atoms with Crippen LogP contribution >= 0.6 is 11.6 Å². The number of phenols is 2. The van der Waals surface area contributed by atoms with E-state index in [0.717, 1.165) is 11.1 Å². The lowest BCUT2D eigenvalue weighted by Gasteiger charge is -2.48. The number of allylic oxidation sites excluding steroid dienone is 3. The van der Waals surface area contributed by atoms with E-state index in [9.17, 15) is 24.9 Å². The molecule has 0 bridgehead atoms. The van der Waals surface area contributed by atoms with Gasteiger partial charge in [-0.2, -0.15) is 0 Å². The third-order valence-electron chi connectivity index (χ3n) is 6.44. The number of hydrogen-bond donors (Lipinski definition) is 3. The second-order valence-corrected chi connectivity index (χ2v) is 8.93. The van der Waals surface area contributed by atoms with Crippen LogP contribution in [0.5, 0.6) is 11.5 Å². The van der Waals surface area contributed by atoms with Gasteiger partial charge in [-0.1, -0.05) is 29.7 Å². The minimum absolute atomic E-state index is 0.00949. The second-order valence-electron chi connectivity index (χ2n) is 8.52. The van der Waals surface area contributed by atoms with Gasteiger partial charge in [0.15, 0.2) is 17.3 Å². The smallest absolute Gasteiger partial charge is 0.310 e. The maximum atomic E-state index is 12.5. The number of rotatable bonds is 4.